The smallest absolute Gasteiger partial charge is 0.238 e. The zero-order chi connectivity index (χ0) is 17.7. The number of nitrogens with two attached hydrogens (primary N) is 1. The molecule has 24 heavy (non-hydrogen) atoms. The lowest BCUT2D eigenvalue weighted by Crippen LogP contribution is -2.52. The van der Waals surface area contributed by atoms with E-state index in [0.29, 0.717) is 12.2 Å². The lowest BCUT2D eigenvalue weighted by Gasteiger charge is -2.21. The van der Waals surface area contributed by atoms with Gasteiger partial charge in [0.25, 0.3) is 0 Å². The molecule has 1 aromatic rings. The third-order valence-electron chi connectivity index (χ3n) is 3.76. The maximum atomic E-state index is 12.4. The van der Waals surface area contributed by atoms with Crippen molar-refractivity contribution in [1.82, 2.24) is 25.6 Å². The van der Waals surface area contributed by atoms with Crippen LogP contribution in [0, 0.1) is 12.3 Å². The van der Waals surface area contributed by atoms with Gasteiger partial charge < -0.3 is 11.1 Å². The maximum Gasteiger partial charge on any atom is 0.238 e. The molecule has 1 aliphatic heterocycles. The van der Waals surface area contributed by atoms with Gasteiger partial charge in [-0.25, -0.2) is 0 Å². The third kappa shape index (κ3) is 4.47. The van der Waals surface area contributed by atoms with Gasteiger partial charge >= 0.3 is 0 Å². The summed E-state index contributed by atoms with van der Waals surface area (Å²) in [6.07, 6.45) is 7.06. The van der Waals surface area contributed by atoms with E-state index < -0.39 is 24.0 Å². The molecule has 9 heteroatoms. The van der Waals surface area contributed by atoms with E-state index in [0.717, 1.165) is 0 Å². The average molecular weight is 332 g/mol. The minimum absolute atomic E-state index is 0.0549. The SMILES string of the molecule is C#CCC(N)C(=O)NC1Cc2cn(nn2)CC(C(C)=O)NCC1=O. The Morgan fingerprint density at radius 1 is 1.62 bits per heavy atom. The molecule has 0 aromatic carbocycles. The first kappa shape index (κ1) is 17.8. The molecule has 1 aromatic heterocycles. The first-order valence-electron chi connectivity index (χ1n) is 7.55. The fraction of sp³-hybridized carbons (Fsp3) is 0.533. The molecule has 128 valence electrons. The minimum Gasteiger partial charge on any atom is -0.344 e. The molecule has 2 heterocycles. The summed E-state index contributed by atoms with van der Waals surface area (Å²) < 4.78 is 1.53. The van der Waals surface area contributed by atoms with Gasteiger partial charge in [0.2, 0.25) is 5.91 Å². The molecule has 0 radical (unpaired) electrons. The summed E-state index contributed by atoms with van der Waals surface area (Å²) in [5.41, 5.74) is 6.21. The van der Waals surface area contributed by atoms with Crippen LogP contribution in [0.3, 0.4) is 0 Å². The predicted octanol–water partition coefficient (Wildman–Crippen LogP) is -2.21. The Bertz CT molecular complexity index is 677. The molecule has 1 amide bonds. The molecule has 0 fully saturated rings. The summed E-state index contributed by atoms with van der Waals surface area (Å²) in [7, 11) is 0. The summed E-state index contributed by atoms with van der Waals surface area (Å²) in [6.45, 7) is 1.67. The number of aromatic nitrogens is 3. The number of hydrogen-bond donors (Lipinski definition) is 3. The second-order valence-electron chi connectivity index (χ2n) is 5.72. The van der Waals surface area contributed by atoms with Gasteiger partial charge in [-0.05, 0) is 6.92 Å². The molecule has 0 saturated heterocycles. The Hall–Kier alpha value is -2.57. The zero-order valence-corrected chi connectivity index (χ0v) is 13.4. The standard InChI is InChI=1S/C15H20N6O3/c1-3-4-11(16)15(24)18-12-5-10-7-21(20-19-10)8-13(9(2)22)17-6-14(12)23/h1,7,11-13,17H,4-6,8,16H2,2H3,(H,18,24). The van der Waals surface area contributed by atoms with Crippen LogP contribution in [-0.4, -0.2) is 57.1 Å². The van der Waals surface area contributed by atoms with E-state index >= 15 is 0 Å². The maximum absolute atomic E-state index is 12.4. The third-order valence-corrected chi connectivity index (χ3v) is 3.76. The fourth-order valence-electron chi connectivity index (χ4n) is 2.35. The minimum atomic E-state index is -0.883. The molecule has 1 aliphatic rings. The Morgan fingerprint density at radius 2 is 2.38 bits per heavy atom. The second-order valence-corrected chi connectivity index (χ2v) is 5.72. The number of ketones is 2. The lowest BCUT2D eigenvalue weighted by molar-refractivity contribution is -0.128. The molecular formula is C15H20N6O3. The van der Waals surface area contributed by atoms with Crippen LogP contribution in [0.25, 0.3) is 0 Å². The van der Waals surface area contributed by atoms with Crippen LogP contribution >= 0.6 is 0 Å². The molecule has 3 atom stereocenters. The van der Waals surface area contributed by atoms with Crippen molar-refractivity contribution in [3.63, 3.8) is 0 Å². The van der Waals surface area contributed by atoms with Crippen molar-refractivity contribution in [3.8, 4) is 12.3 Å². The number of terminal acetylenes is 1. The van der Waals surface area contributed by atoms with E-state index in [1.165, 1.54) is 11.6 Å². The van der Waals surface area contributed by atoms with E-state index in [1.54, 1.807) is 6.20 Å². The van der Waals surface area contributed by atoms with Gasteiger partial charge in [0, 0.05) is 19.0 Å². The molecule has 4 N–H and O–H groups in total. The normalized spacial score (nSPS) is 22.3. The largest absolute Gasteiger partial charge is 0.344 e. The van der Waals surface area contributed by atoms with Crippen LogP contribution < -0.4 is 16.4 Å². The first-order chi connectivity index (χ1) is 11.4. The molecule has 2 bridgehead atoms. The molecule has 2 rings (SSSR count). The highest BCUT2D eigenvalue weighted by molar-refractivity contribution is 5.92. The molecule has 0 aliphatic carbocycles. The van der Waals surface area contributed by atoms with Crippen molar-refractivity contribution >= 4 is 17.5 Å². The highest BCUT2D eigenvalue weighted by Crippen LogP contribution is 2.05. The van der Waals surface area contributed by atoms with Gasteiger partial charge in [-0.1, -0.05) is 5.21 Å². The van der Waals surface area contributed by atoms with Crippen LogP contribution in [-0.2, 0) is 27.3 Å². The van der Waals surface area contributed by atoms with E-state index in [9.17, 15) is 14.4 Å². The van der Waals surface area contributed by atoms with Crippen LogP contribution in [0.2, 0.25) is 0 Å². The number of carbonyl (C=O) groups excluding carboxylic acids is 3. The molecule has 0 saturated carbocycles. The molecule has 3 unspecified atom stereocenters. The van der Waals surface area contributed by atoms with Crippen LogP contribution in [0.5, 0.6) is 0 Å². The Morgan fingerprint density at radius 3 is 3.04 bits per heavy atom. The summed E-state index contributed by atoms with van der Waals surface area (Å²) in [5.74, 6) is 1.43. The summed E-state index contributed by atoms with van der Waals surface area (Å²) in [6, 6.07) is -2.25. The highest BCUT2D eigenvalue weighted by atomic mass is 16.2. The Kier molecular flexibility index (Phi) is 5.78. The van der Waals surface area contributed by atoms with Gasteiger partial charge in [-0.15, -0.1) is 17.4 Å². The number of fused-ring (bicyclic) bond motifs is 2. The van der Waals surface area contributed by atoms with E-state index in [4.69, 9.17) is 12.2 Å². The Labute approximate surface area is 139 Å². The van der Waals surface area contributed by atoms with Crippen molar-refractivity contribution < 1.29 is 14.4 Å². The van der Waals surface area contributed by atoms with Crippen molar-refractivity contribution in [2.75, 3.05) is 6.54 Å². The molecule has 0 spiro atoms. The van der Waals surface area contributed by atoms with Crippen LogP contribution in [0.1, 0.15) is 19.0 Å². The number of hydrogen-bond acceptors (Lipinski definition) is 7. The predicted molar refractivity (Wildman–Crippen MR) is 84.6 cm³/mol. The van der Waals surface area contributed by atoms with Gasteiger partial charge in [0.1, 0.15) is 5.78 Å². The van der Waals surface area contributed by atoms with Crippen molar-refractivity contribution in [3.05, 3.63) is 11.9 Å². The monoisotopic (exact) mass is 332 g/mol. The summed E-state index contributed by atoms with van der Waals surface area (Å²) >= 11 is 0. The van der Waals surface area contributed by atoms with Gasteiger partial charge in [0.15, 0.2) is 5.78 Å². The lowest BCUT2D eigenvalue weighted by atomic mass is 10.0. The highest BCUT2D eigenvalue weighted by Gasteiger charge is 2.27. The second kappa shape index (κ2) is 7.81. The van der Waals surface area contributed by atoms with Crippen molar-refractivity contribution in [2.24, 2.45) is 5.73 Å². The van der Waals surface area contributed by atoms with Crippen molar-refractivity contribution in [1.29, 1.82) is 0 Å². The fourth-order valence-corrected chi connectivity index (χ4v) is 2.35. The van der Waals surface area contributed by atoms with Crippen LogP contribution in [0.15, 0.2) is 6.20 Å². The molecular weight excluding hydrogens is 312 g/mol. The summed E-state index contributed by atoms with van der Waals surface area (Å²) in [4.78, 5) is 36.1. The number of amides is 1. The summed E-state index contributed by atoms with van der Waals surface area (Å²) in [5, 5.41) is 13.4. The van der Waals surface area contributed by atoms with E-state index in [1.807, 2.05) is 0 Å². The van der Waals surface area contributed by atoms with Crippen molar-refractivity contribution in [2.45, 2.75) is 44.4 Å². The van der Waals surface area contributed by atoms with Gasteiger partial charge in [-0.3, -0.25) is 24.4 Å². The first-order valence-corrected chi connectivity index (χ1v) is 7.55. The molecule has 9 nitrogen and oxygen atoms in total. The number of Topliss-reactive ketones (excluding diaryl/α,β-unsaturated/α-hetero) is 2. The number of nitrogens with zero attached hydrogens (tertiary/aromatic N) is 3. The van der Waals surface area contributed by atoms with Crippen LogP contribution in [0.4, 0.5) is 0 Å². The number of rotatable bonds is 4. The number of nitrogens with one attached hydrogen (secondary N) is 2. The topological polar surface area (TPSA) is 132 Å². The van der Waals surface area contributed by atoms with Gasteiger partial charge in [0.05, 0.1) is 36.9 Å². The average Bonchev–Trinajstić information content (AvgIpc) is 2.96. The number of carbonyl (C=O) groups is 3. The van der Waals surface area contributed by atoms with E-state index in [2.05, 4.69) is 26.9 Å². The van der Waals surface area contributed by atoms with Gasteiger partial charge in [-0.2, -0.15) is 0 Å². The van der Waals surface area contributed by atoms with E-state index in [-0.39, 0.29) is 31.0 Å². The quantitative estimate of drug-likeness (QED) is 0.532. The Balaban J connectivity index is 2.17. The zero-order valence-electron chi connectivity index (χ0n) is 13.4.